The number of hydrogen-bond donors (Lipinski definition) is 3. The van der Waals surface area contributed by atoms with E-state index >= 15 is 0 Å². The first-order valence-electron chi connectivity index (χ1n) is 16.6. The number of carbonyl (C=O) groups is 3. The number of amides is 3. The molecule has 270 valence electrons. The fourth-order valence-electron chi connectivity index (χ4n) is 6.48. The minimum atomic E-state index is -4.60. The highest BCUT2D eigenvalue weighted by Crippen LogP contribution is 2.47. The van der Waals surface area contributed by atoms with Gasteiger partial charge in [0.15, 0.2) is 0 Å². The number of halogens is 3. The zero-order valence-electron chi connectivity index (χ0n) is 28.0. The van der Waals surface area contributed by atoms with Crippen LogP contribution < -0.4 is 20.1 Å². The molecule has 16 heteroatoms. The van der Waals surface area contributed by atoms with Crippen LogP contribution in [-0.4, -0.2) is 71.5 Å². The number of nitrogens with one attached hydrogen (secondary N) is 3. The SMILES string of the molecule is CC[C@@H]1C[C@]1(NC(=O)[C@@H]1C[C@@H](Oc2nc3ccccc3s2)CN1C(=O)C(Nc1cccc(C(F)(F)F)c1)C(C)(C)C)C(=O)NS(=O)(=O)C1CC1. The van der Waals surface area contributed by atoms with Crippen molar-refractivity contribution in [1.29, 1.82) is 0 Å². The smallest absolute Gasteiger partial charge is 0.416 e. The van der Waals surface area contributed by atoms with E-state index in [2.05, 4.69) is 20.3 Å². The van der Waals surface area contributed by atoms with Crippen LogP contribution in [-0.2, 0) is 30.6 Å². The zero-order valence-corrected chi connectivity index (χ0v) is 29.7. The molecule has 6 rings (SSSR count). The van der Waals surface area contributed by atoms with Crippen molar-refractivity contribution < 1.29 is 40.7 Å². The van der Waals surface area contributed by atoms with E-state index in [1.54, 1.807) is 20.8 Å². The Bertz CT molecular complexity index is 1880. The number of aromatic nitrogens is 1. The Labute approximate surface area is 292 Å². The molecule has 3 fully saturated rings. The summed E-state index contributed by atoms with van der Waals surface area (Å²) < 4.78 is 75.1. The molecule has 0 radical (unpaired) electrons. The van der Waals surface area contributed by atoms with E-state index in [0.29, 0.717) is 24.5 Å². The summed E-state index contributed by atoms with van der Waals surface area (Å²) in [6.45, 7) is 7.06. The number of nitrogens with zero attached hydrogens (tertiary/aromatic N) is 2. The Balaban J connectivity index is 1.28. The van der Waals surface area contributed by atoms with Gasteiger partial charge in [0, 0.05) is 12.1 Å². The molecule has 0 spiro atoms. The fraction of sp³-hybridized carbons (Fsp3) is 0.529. The first kappa shape index (κ1) is 35.9. The van der Waals surface area contributed by atoms with E-state index in [-0.39, 0.29) is 31.0 Å². The van der Waals surface area contributed by atoms with Gasteiger partial charge in [0.25, 0.3) is 11.1 Å². The van der Waals surface area contributed by atoms with Gasteiger partial charge in [-0.1, -0.05) is 63.7 Å². The molecule has 3 aliphatic rings. The summed E-state index contributed by atoms with van der Waals surface area (Å²) in [5.41, 5.74) is -2.38. The van der Waals surface area contributed by atoms with Crippen LogP contribution >= 0.6 is 11.3 Å². The topological polar surface area (TPSA) is 147 Å². The van der Waals surface area contributed by atoms with E-state index < -0.39 is 73.9 Å². The molecular weight excluding hydrogens is 696 g/mol. The zero-order chi connectivity index (χ0) is 36.2. The Morgan fingerprint density at radius 3 is 2.44 bits per heavy atom. The number of alkyl halides is 3. The molecule has 1 saturated heterocycles. The van der Waals surface area contributed by atoms with Gasteiger partial charge in [-0.05, 0) is 60.9 Å². The number of carbonyl (C=O) groups excluding carboxylic acids is 3. The monoisotopic (exact) mass is 735 g/mol. The van der Waals surface area contributed by atoms with Crippen LogP contribution in [0.2, 0.25) is 0 Å². The van der Waals surface area contributed by atoms with Gasteiger partial charge in [-0.2, -0.15) is 13.2 Å². The highest BCUT2D eigenvalue weighted by molar-refractivity contribution is 7.91. The Kier molecular flexibility index (Phi) is 9.33. The van der Waals surface area contributed by atoms with Crippen molar-refractivity contribution in [2.24, 2.45) is 11.3 Å². The number of benzene rings is 2. The van der Waals surface area contributed by atoms with Gasteiger partial charge in [0.1, 0.15) is 23.7 Å². The number of rotatable bonds is 11. The van der Waals surface area contributed by atoms with E-state index in [0.717, 1.165) is 22.3 Å². The lowest BCUT2D eigenvalue weighted by molar-refractivity contribution is -0.141. The van der Waals surface area contributed by atoms with E-state index in [1.807, 2.05) is 31.2 Å². The Hall–Kier alpha value is -3.92. The van der Waals surface area contributed by atoms with Crippen LogP contribution in [0.15, 0.2) is 48.5 Å². The molecule has 1 aliphatic heterocycles. The number of hydrogen-bond acceptors (Lipinski definition) is 9. The summed E-state index contributed by atoms with van der Waals surface area (Å²) in [6, 6.07) is 9.76. The van der Waals surface area contributed by atoms with E-state index in [9.17, 15) is 36.0 Å². The van der Waals surface area contributed by atoms with Crippen LogP contribution in [0.1, 0.15) is 65.4 Å². The fourth-order valence-corrected chi connectivity index (χ4v) is 8.73. The Morgan fingerprint density at radius 2 is 1.82 bits per heavy atom. The van der Waals surface area contributed by atoms with Crippen molar-refractivity contribution in [2.75, 3.05) is 11.9 Å². The van der Waals surface area contributed by atoms with E-state index in [1.165, 1.54) is 28.4 Å². The number of ether oxygens (including phenoxy) is 1. The third-order valence-electron chi connectivity index (χ3n) is 9.55. The van der Waals surface area contributed by atoms with Gasteiger partial charge in [0.05, 0.1) is 27.6 Å². The molecule has 1 aromatic heterocycles. The van der Waals surface area contributed by atoms with E-state index in [4.69, 9.17) is 4.74 Å². The van der Waals surface area contributed by atoms with Crippen LogP contribution in [0, 0.1) is 11.3 Å². The van der Waals surface area contributed by atoms with Crippen LogP contribution in [0.5, 0.6) is 5.19 Å². The maximum atomic E-state index is 14.5. The highest BCUT2D eigenvalue weighted by Gasteiger charge is 2.62. The van der Waals surface area contributed by atoms with Crippen molar-refractivity contribution in [3.05, 3.63) is 54.1 Å². The van der Waals surface area contributed by atoms with Crippen molar-refractivity contribution >= 4 is 55.0 Å². The summed E-state index contributed by atoms with van der Waals surface area (Å²) >= 11 is 1.31. The van der Waals surface area contributed by atoms with Crippen LogP contribution in [0.25, 0.3) is 10.2 Å². The molecular formula is C34H40F3N5O6S2. The Morgan fingerprint density at radius 1 is 1.10 bits per heavy atom. The van der Waals surface area contributed by atoms with Crippen LogP contribution in [0.3, 0.4) is 0 Å². The summed E-state index contributed by atoms with van der Waals surface area (Å²) in [5, 5.41) is 5.50. The number of para-hydroxylation sites is 1. The highest BCUT2D eigenvalue weighted by atomic mass is 32.2. The second-order valence-electron chi connectivity index (χ2n) is 14.4. The van der Waals surface area contributed by atoms with Crippen LogP contribution in [0.4, 0.5) is 18.9 Å². The lowest BCUT2D eigenvalue weighted by Crippen LogP contribution is -2.58. The number of likely N-dealkylation sites (tertiary alicyclic amines) is 1. The van der Waals surface area contributed by atoms with Gasteiger partial charge >= 0.3 is 6.18 Å². The molecule has 2 heterocycles. The molecule has 3 amide bonds. The molecule has 3 N–H and O–H groups in total. The van der Waals surface area contributed by atoms with Gasteiger partial charge in [0.2, 0.25) is 21.8 Å². The summed E-state index contributed by atoms with van der Waals surface area (Å²) in [4.78, 5) is 47.9. The van der Waals surface area contributed by atoms with Crippen molar-refractivity contribution in [2.45, 2.75) is 95.0 Å². The molecule has 1 unspecified atom stereocenters. The standard InChI is InChI=1S/C34H40F3N5O6S2/c1-5-19-17-33(19,30(45)41-50(46,47)23-13-14-23)40-28(43)25-16-22(48-31-39-24-11-6-7-12-26(24)49-31)18-42(25)29(44)27(32(2,3)4)38-21-10-8-9-20(15-21)34(35,36)37/h6-12,15,19,22-23,25,27,38H,5,13-14,16-18H2,1-4H3,(H,40,43)(H,41,45)/t19-,22-,25+,27?,33-/m1/s1. The second kappa shape index (κ2) is 13.0. The van der Waals surface area contributed by atoms with Gasteiger partial charge in [-0.25, -0.2) is 13.4 Å². The molecule has 5 atom stereocenters. The minimum absolute atomic E-state index is 0.0305. The average Bonchev–Trinajstić information content (AvgIpc) is 3.94. The predicted molar refractivity (Wildman–Crippen MR) is 182 cm³/mol. The van der Waals surface area contributed by atoms with Crippen molar-refractivity contribution in [1.82, 2.24) is 19.9 Å². The number of anilines is 1. The third kappa shape index (κ3) is 7.41. The largest absolute Gasteiger partial charge is 0.465 e. The third-order valence-corrected chi connectivity index (χ3v) is 12.3. The van der Waals surface area contributed by atoms with Gasteiger partial charge in [-0.3, -0.25) is 19.1 Å². The first-order valence-corrected chi connectivity index (χ1v) is 18.9. The lowest BCUT2D eigenvalue weighted by atomic mass is 9.85. The van der Waals surface area contributed by atoms with Crippen molar-refractivity contribution in [3.63, 3.8) is 0 Å². The number of sulfonamides is 1. The predicted octanol–water partition coefficient (Wildman–Crippen LogP) is 5.08. The van der Waals surface area contributed by atoms with Gasteiger partial charge in [-0.15, -0.1) is 0 Å². The molecule has 2 saturated carbocycles. The van der Waals surface area contributed by atoms with Gasteiger partial charge < -0.3 is 20.3 Å². The summed E-state index contributed by atoms with van der Waals surface area (Å²) in [6.07, 6.45) is -3.61. The number of fused-ring (bicyclic) bond motifs is 1. The lowest BCUT2D eigenvalue weighted by Gasteiger charge is -2.36. The molecule has 3 aromatic rings. The molecule has 50 heavy (non-hydrogen) atoms. The maximum absolute atomic E-state index is 14.5. The minimum Gasteiger partial charge on any atom is -0.465 e. The first-order chi connectivity index (χ1) is 23.4. The summed E-state index contributed by atoms with van der Waals surface area (Å²) in [7, 11) is -3.88. The maximum Gasteiger partial charge on any atom is 0.416 e. The molecule has 11 nitrogen and oxygen atoms in total. The van der Waals surface area contributed by atoms with Crippen molar-refractivity contribution in [3.8, 4) is 5.19 Å². The molecule has 0 bridgehead atoms. The number of thiazole rings is 1. The average molecular weight is 736 g/mol. The molecule has 2 aliphatic carbocycles. The normalized spacial score (nSPS) is 24.5. The molecule has 2 aromatic carbocycles. The summed E-state index contributed by atoms with van der Waals surface area (Å²) in [5.74, 6) is -2.33. The quantitative estimate of drug-likeness (QED) is 0.247. The second-order valence-corrected chi connectivity index (χ2v) is 17.4.